The summed E-state index contributed by atoms with van der Waals surface area (Å²) in [5, 5.41) is 11.5. The van der Waals surface area contributed by atoms with Crippen molar-refractivity contribution in [2.45, 2.75) is 11.8 Å². The summed E-state index contributed by atoms with van der Waals surface area (Å²) in [4.78, 5) is 13.5. The smallest absolute Gasteiger partial charge is 0.238 e. The van der Waals surface area contributed by atoms with Crippen molar-refractivity contribution in [2.24, 2.45) is 5.14 Å². The predicted octanol–water partition coefficient (Wildman–Crippen LogP) is 2.67. The fourth-order valence-electron chi connectivity index (χ4n) is 3.65. The van der Waals surface area contributed by atoms with E-state index < -0.39 is 10.0 Å². The predicted molar refractivity (Wildman–Crippen MR) is 127 cm³/mol. The molecule has 9 nitrogen and oxygen atoms in total. The maximum Gasteiger partial charge on any atom is 0.238 e. The first kappa shape index (κ1) is 22.0. The number of aryl methyl sites for hydroxylation is 1. The van der Waals surface area contributed by atoms with Gasteiger partial charge in [0, 0.05) is 49.4 Å². The van der Waals surface area contributed by atoms with Gasteiger partial charge in [-0.25, -0.2) is 18.5 Å². The zero-order chi connectivity index (χ0) is 22.7. The largest absolute Gasteiger partial charge is 0.369 e. The highest BCUT2D eigenvalue weighted by molar-refractivity contribution is 7.89. The number of likely N-dealkylation sites (N-methyl/N-ethyl adjacent to an activating group) is 1. The van der Waals surface area contributed by atoms with Gasteiger partial charge in [-0.3, -0.25) is 0 Å². The molecule has 0 radical (unpaired) electrons. The molecule has 0 unspecified atom stereocenters. The van der Waals surface area contributed by atoms with E-state index in [1.807, 2.05) is 6.07 Å². The van der Waals surface area contributed by atoms with Gasteiger partial charge in [0.2, 0.25) is 16.0 Å². The monoisotopic (exact) mass is 453 g/mol. The number of nitrogens with one attached hydrogen (secondary N) is 2. The molecule has 1 saturated heterocycles. The molecule has 1 aliphatic heterocycles. The Labute approximate surface area is 188 Å². The number of nitrogens with zero attached hydrogens (tertiary/aromatic N) is 4. The van der Waals surface area contributed by atoms with E-state index in [4.69, 9.17) is 5.14 Å². The van der Waals surface area contributed by atoms with E-state index in [0.717, 1.165) is 31.9 Å². The summed E-state index contributed by atoms with van der Waals surface area (Å²) in [5.74, 6) is 0.962. The van der Waals surface area contributed by atoms with Crippen molar-refractivity contribution >= 4 is 38.9 Å². The van der Waals surface area contributed by atoms with Crippen molar-refractivity contribution in [3.05, 3.63) is 60.3 Å². The summed E-state index contributed by atoms with van der Waals surface area (Å²) in [7, 11) is -1.63. The van der Waals surface area contributed by atoms with Crippen molar-refractivity contribution in [1.29, 1.82) is 0 Å². The van der Waals surface area contributed by atoms with Gasteiger partial charge in [0.25, 0.3) is 0 Å². The molecule has 0 atom stereocenters. The Morgan fingerprint density at radius 1 is 0.969 bits per heavy atom. The van der Waals surface area contributed by atoms with Crippen LogP contribution in [-0.4, -0.2) is 56.5 Å². The van der Waals surface area contributed by atoms with Gasteiger partial charge in [-0.05, 0) is 62.0 Å². The van der Waals surface area contributed by atoms with Crippen LogP contribution in [0.5, 0.6) is 0 Å². The molecule has 0 amide bonds. The van der Waals surface area contributed by atoms with E-state index in [9.17, 15) is 8.42 Å². The Bertz CT molecular complexity index is 1210. The highest BCUT2D eigenvalue weighted by atomic mass is 32.2. The second kappa shape index (κ2) is 9.11. The fraction of sp³-hybridized carbons (Fsp3) is 0.273. The van der Waals surface area contributed by atoms with E-state index in [1.165, 1.54) is 23.4 Å². The summed E-state index contributed by atoms with van der Waals surface area (Å²) in [5.41, 5.74) is 3.89. The lowest BCUT2D eigenvalue weighted by atomic mass is 10.1. The molecule has 2 heterocycles. The molecular weight excluding hydrogens is 426 g/mol. The number of primary sulfonamides is 1. The molecule has 168 valence electrons. The Balaban J connectivity index is 1.47. The van der Waals surface area contributed by atoms with Crippen LogP contribution in [0.4, 0.5) is 28.8 Å². The number of aromatic nitrogens is 2. The number of hydrogen-bond donors (Lipinski definition) is 3. The van der Waals surface area contributed by atoms with Gasteiger partial charge in [0.15, 0.2) is 0 Å². The molecule has 1 aromatic heterocycles. The molecule has 32 heavy (non-hydrogen) atoms. The normalized spacial score (nSPS) is 14.9. The van der Waals surface area contributed by atoms with Gasteiger partial charge in [0.1, 0.15) is 5.82 Å². The first-order valence-corrected chi connectivity index (χ1v) is 11.9. The van der Waals surface area contributed by atoms with Gasteiger partial charge < -0.3 is 20.4 Å². The minimum absolute atomic E-state index is 0.0332. The van der Waals surface area contributed by atoms with Crippen LogP contribution < -0.4 is 20.7 Å². The van der Waals surface area contributed by atoms with Crippen molar-refractivity contribution in [3.63, 3.8) is 0 Å². The minimum Gasteiger partial charge on any atom is -0.369 e. The molecule has 1 aliphatic rings. The van der Waals surface area contributed by atoms with Crippen molar-refractivity contribution in [2.75, 3.05) is 48.8 Å². The van der Waals surface area contributed by atoms with Gasteiger partial charge >= 0.3 is 0 Å². The number of sulfonamides is 1. The third-order valence-corrected chi connectivity index (χ3v) is 6.30. The number of piperazine rings is 1. The van der Waals surface area contributed by atoms with Crippen LogP contribution in [-0.2, 0) is 10.0 Å². The lowest BCUT2D eigenvalue weighted by Gasteiger charge is -2.35. The van der Waals surface area contributed by atoms with Crippen LogP contribution in [0, 0.1) is 6.92 Å². The maximum absolute atomic E-state index is 11.6. The molecule has 10 heteroatoms. The standard InChI is InChI=1S/C22H27N7O2S/c1-16-14-18(6-7-20(16)29-12-10-28(2)11-13-29)26-22-24-9-8-21(27-22)25-17-4-3-5-19(15-17)32(23,30)31/h3-9,14-15H,10-13H2,1-2H3,(H2,23,30,31)(H2,24,25,26,27). The third kappa shape index (κ3) is 5.34. The topological polar surface area (TPSA) is 116 Å². The van der Waals surface area contributed by atoms with E-state index >= 15 is 0 Å². The first-order valence-electron chi connectivity index (χ1n) is 10.3. The third-order valence-electron chi connectivity index (χ3n) is 5.39. The van der Waals surface area contributed by atoms with Gasteiger partial charge in [0.05, 0.1) is 4.90 Å². The highest BCUT2D eigenvalue weighted by Gasteiger charge is 2.16. The summed E-state index contributed by atoms with van der Waals surface area (Å²) in [6.07, 6.45) is 1.63. The Kier molecular flexibility index (Phi) is 6.26. The number of benzene rings is 2. The van der Waals surface area contributed by atoms with Crippen molar-refractivity contribution in [3.8, 4) is 0 Å². The SMILES string of the molecule is Cc1cc(Nc2nccc(Nc3cccc(S(N)(=O)=O)c3)n2)ccc1N1CCN(C)CC1. The van der Waals surface area contributed by atoms with Crippen LogP contribution >= 0.6 is 0 Å². The second-order valence-corrected chi connectivity index (χ2v) is 9.44. The molecule has 4 N–H and O–H groups in total. The van der Waals surface area contributed by atoms with E-state index in [-0.39, 0.29) is 4.90 Å². The van der Waals surface area contributed by atoms with Crippen LogP contribution in [0.15, 0.2) is 59.6 Å². The fourth-order valence-corrected chi connectivity index (χ4v) is 4.21. The van der Waals surface area contributed by atoms with Crippen LogP contribution in [0.2, 0.25) is 0 Å². The number of rotatable bonds is 6. The molecule has 2 aromatic carbocycles. The number of anilines is 5. The average molecular weight is 454 g/mol. The molecule has 3 aromatic rings. The molecule has 0 aliphatic carbocycles. The van der Waals surface area contributed by atoms with E-state index in [1.54, 1.807) is 24.4 Å². The Morgan fingerprint density at radius 3 is 2.44 bits per heavy atom. The molecule has 1 fully saturated rings. The second-order valence-electron chi connectivity index (χ2n) is 7.88. The van der Waals surface area contributed by atoms with Crippen LogP contribution in [0.25, 0.3) is 0 Å². The summed E-state index contributed by atoms with van der Waals surface area (Å²) < 4.78 is 23.1. The molecule has 4 rings (SSSR count). The number of nitrogens with two attached hydrogens (primary N) is 1. The molecular formula is C22H27N7O2S. The summed E-state index contributed by atoms with van der Waals surface area (Å²) in [6.45, 7) is 6.28. The van der Waals surface area contributed by atoms with Crippen molar-refractivity contribution < 1.29 is 8.42 Å². The van der Waals surface area contributed by atoms with Crippen molar-refractivity contribution in [1.82, 2.24) is 14.9 Å². The minimum atomic E-state index is -3.78. The Morgan fingerprint density at radius 2 is 1.72 bits per heavy atom. The highest BCUT2D eigenvalue weighted by Crippen LogP contribution is 2.26. The lowest BCUT2D eigenvalue weighted by molar-refractivity contribution is 0.312. The maximum atomic E-state index is 11.6. The van der Waals surface area contributed by atoms with E-state index in [0.29, 0.717) is 17.5 Å². The van der Waals surface area contributed by atoms with E-state index in [2.05, 4.69) is 56.5 Å². The van der Waals surface area contributed by atoms with Gasteiger partial charge in [-0.15, -0.1) is 0 Å². The molecule has 0 saturated carbocycles. The number of hydrogen-bond acceptors (Lipinski definition) is 8. The van der Waals surface area contributed by atoms with Gasteiger partial charge in [-0.1, -0.05) is 6.07 Å². The van der Waals surface area contributed by atoms with Crippen LogP contribution in [0.1, 0.15) is 5.56 Å². The average Bonchev–Trinajstić information content (AvgIpc) is 2.75. The quantitative estimate of drug-likeness (QED) is 0.522. The lowest BCUT2D eigenvalue weighted by Crippen LogP contribution is -2.44. The zero-order valence-corrected chi connectivity index (χ0v) is 18.9. The molecule has 0 spiro atoms. The zero-order valence-electron chi connectivity index (χ0n) is 18.1. The Hall–Kier alpha value is -3.21. The first-order chi connectivity index (χ1) is 15.3. The van der Waals surface area contributed by atoms with Gasteiger partial charge in [-0.2, -0.15) is 4.98 Å². The molecule has 0 bridgehead atoms. The summed E-state index contributed by atoms with van der Waals surface area (Å²) >= 11 is 0. The van der Waals surface area contributed by atoms with Crippen LogP contribution in [0.3, 0.4) is 0 Å². The summed E-state index contributed by atoms with van der Waals surface area (Å²) in [6, 6.07) is 14.2.